The van der Waals surface area contributed by atoms with Gasteiger partial charge in [-0.15, -0.1) is 0 Å². The van der Waals surface area contributed by atoms with Gasteiger partial charge in [-0.25, -0.2) is 0 Å². The average molecular weight is 320 g/mol. The molecular weight excluding hydrogens is 296 g/mol. The molecule has 0 aromatic rings. The average Bonchev–Trinajstić information content (AvgIpc) is 2.20. The fourth-order valence-corrected chi connectivity index (χ4v) is 2.05. The molecule has 0 radical (unpaired) electrons. The standard InChI is InChI=1S/C14H24O4S2/c1-10(8-13(19)20)6-5-7-17-11(15)9-12(16)18-14(2,3)4/h5-6,10,13,19-20H,7-9H2,1-4H3. The molecule has 6 heteroatoms. The zero-order chi connectivity index (χ0) is 15.8. The number of ether oxygens (including phenoxy) is 2. The summed E-state index contributed by atoms with van der Waals surface area (Å²) in [5.74, 6) is -0.856. The third-order valence-electron chi connectivity index (χ3n) is 2.10. The molecule has 1 unspecified atom stereocenters. The Labute approximate surface area is 132 Å². The van der Waals surface area contributed by atoms with Crippen LogP contribution in [-0.4, -0.2) is 28.7 Å². The minimum Gasteiger partial charge on any atom is -0.461 e. The van der Waals surface area contributed by atoms with Crippen molar-refractivity contribution in [3.63, 3.8) is 0 Å². The van der Waals surface area contributed by atoms with E-state index in [0.29, 0.717) is 5.92 Å². The maximum absolute atomic E-state index is 11.4. The van der Waals surface area contributed by atoms with Gasteiger partial charge in [-0.1, -0.05) is 19.1 Å². The van der Waals surface area contributed by atoms with E-state index in [1.54, 1.807) is 26.8 Å². The van der Waals surface area contributed by atoms with Gasteiger partial charge in [0.05, 0.1) is 0 Å². The smallest absolute Gasteiger partial charge is 0.317 e. The Morgan fingerprint density at radius 2 is 1.80 bits per heavy atom. The van der Waals surface area contributed by atoms with E-state index in [9.17, 15) is 9.59 Å². The molecule has 0 aliphatic rings. The molecule has 116 valence electrons. The van der Waals surface area contributed by atoms with Crippen LogP contribution >= 0.6 is 25.3 Å². The Bertz CT molecular complexity index is 346. The summed E-state index contributed by atoms with van der Waals surface area (Å²) >= 11 is 8.36. The van der Waals surface area contributed by atoms with Crippen LogP contribution in [0.4, 0.5) is 0 Å². The van der Waals surface area contributed by atoms with Gasteiger partial charge in [0.1, 0.15) is 18.6 Å². The van der Waals surface area contributed by atoms with Gasteiger partial charge in [0.2, 0.25) is 0 Å². The highest BCUT2D eigenvalue weighted by Gasteiger charge is 2.19. The second-order valence-corrected chi connectivity index (χ2v) is 7.22. The molecule has 0 N–H and O–H groups in total. The molecule has 0 saturated heterocycles. The number of rotatable bonds is 7. The zero-order valence-corrected chi connectivity index (χ0v) is 14.2. The summed E-state index contributed by atoms with van der Waals surface area (Å²) in [5, 5.41) is 0. The molecule has 0 amide bonds. The Morgan fingerprint density at radius 3 is 2.30 bits per heavy atom. The number of esters is 2. The summed E-state index contributed by atoms with van der Waals surface area (Å²) in [6, 6.07) is 0. The zero-order valence-electron chi connectivity index (χ0n) is 12.5. The maximum atomic E-state index is 11.4. The van der Waals surface area contributed by atoms with Crippen molar-refractivity contribution in [2.24, 2.45) is 5.92 Å². The van der Waals surface area contributed by atoms with E-state index in [0.717, 1.165) is 6.42 Å². The quantitative estimate of drug-likeness (QED) is 0.249. The van der Waals surface area contributed by atoms with Crippen LogP contribution in [0.1, 0.15) is 40.5 Å². The molecule has 1 atom stereocenters. The summed E-state index contributed by atoms with van der Waals surface area (Å²) in [6.45, 7) is 7.41. The highest BCUT2D eigenvalue weighted by atomic mass is 32.2. The minimum atomic E-state index is -0.594. The molecule has 0 bridgehead atoms. The van der Waals surface area contributed by atoms with E-state index in [4.69, 9.17) is 9.47 Å². The number of thiol groups is 2. The molecule has 0 heterocycles. The van der Waals surface area contributed by atoms with Gasteiger partial charge in [0, 0.05) is 4.58 Å². The van der Waals surface area contributed by atoms with Crippen LogP contribution in [0, 0.1) is 5.92 Å². The van der Waals surface area contributed by atoms with Gasteiger partial charge in [-0.3, -0.25) is 9.59 Å². The number of carbonyl (C=O) groups excluding carboxylic acids is 2. The predicted octanol–water partition coefficient (Wildman–Crippen LogP) is 3.03. The van der Waals surface area contributed by atoms with Crippen LogP contribution in [0.3, 0.4) is 0 Å². The highest BCUT2D eigenvalue weighted by Crippen LogP contribution is 2.14. The lowest BCUT2D eigenvalue weighted by Gasteiger charge is -2.18. The van der Waals surface area contributed by atoms with Crippen LogP contribution in [0.2, 0.25) is 0 Å². The molecule has 0 aromatic heterocycles. The molecule has 20 heavy (non-hydrogen) atoms. The first-order valence-electron chi connectivity index (χ1n) is 6.50. The van der Waals surface area contributed by atoms with E-state index in [2.05, 4.69) is 25.3 Å². The molecule has 4 nitrogen and oxygen atoms in total. The van der Waals surface area contributed by atoms with Gasteiger partial charge >= 0.3 is 11.9 Å². The van der Waals surface area contributed by atoms with Crippen molar-refractivity contribution in [2.45, 2.75) is 50.7 Å². The molecule has 0 aliphatic heterocycles. The summed E-state index contributed by atoms with van der Waals surface area (Å²) in [5.41, 5.74) is -0.594. The molecule has 0 spiro atoms. The molecule has 0 aliphatic carbocycles. The molecule has 0 aromatic carbocycles. The number of hydrogen-bond acceptors (Lipinski definition) is 6. The Balaban J connectivity index is 3.89. The fraction of sp³-hybridized carbons (Fsp3) is 0.714. The van der Waals surface area contributed by atoms with Crippen molar-refractivity contribution >= 4 is 37.2 Å². The van der Waals surface area contributed by atoms with Gasteiger partial charge in [0.15, 0.2) is 0 Å². The van der Waals surface area contributed by atoms with Gasteiger partial charge in [-0.05, 0) is 33.1 Å². The first-order valence-corrected chi connectivity index (χ1v) is 7.53. The largest absolute Gasteiger partial charge is 0.461 e. The molecule has 0 rings (SSSR count). The molecule has 0 saturated carbocycles. The van der Waals surface area contributed by atoms with Crippen molar-refractivity contribution in [1.82, 2.24) is 0 Å². The molecular formula is C14H24O4S2. The van der Waals surface area contributed by atoms with Crippen LogP contribution in [0.25, 0.3) is 0 Å². The van der Waals surface area contributed by atoms with Crippen LogP contribution < -0.4 is 0 Å². The first-order chi connectivity index (χ1) is 9.10. The van der Waals surface area contributed by atoms with Crippen LogP contribution in [-0.2, 0) is 19.1 Å². The second kappa shape index (κ2) is 9.34. The lowest BCUT2D eigenvalue weighted by atomic mass is 10.1. The van der Waals surface area contributed by atoms with E-state index >= 15 is 0 Å². The van der Waals surface area contributed by atoms with Gasteiger partial charge in [0.25, 0.3) is 0 Å². The lowest BCUT2D eigenvalue weighted by Crippen LogP contribution is -2.25. The summed E-state index contributed by atoms with van der Waals surface area (Å²) < 4.78 is 9.97. The van der Waals surface area contributed by atoms with Crippen LogP contribution in [0.5, 0.6) is 0 Å². The second-order valence-electron chi connectivity index (χ2n) is 5.57. The van der Waals surface area contributed by atoms with E-state index in [-0.39, 0.29) is 17.6 Å². The summed E-state index contributed by atoms with van der Waals surface area (Å²) in [6.07, 6.45) is 4.15. The van der Waals surface area contributed by atoms with Crippen LogP contribution in [0.15, 0.2) is 12.2 Å². The van der Waals surface area contributed by atoms with Crippen molar-refractivity contribution in [3.8, 4) is 0 Å². The lowest BCUT2D eigenvalue weighted by molar-refractivity contribution is -0.161. The van der Waals surface area contributed by atoms with E-state index < -0.39 is 17.5 Å². The topological polar surface area (TPSA) is 52.6 Å². The molecule has 0 fully saturated rings. The normalized spacial score (nSPS) is 13.6. The van der Waals surface area contributed by atoms with E-state index in [1.807, 2.05) is 13.0 Å². The first kappa shape index (κ1) is 19.4. The van der Waals surface area contributed by atoms with Gasteiger partial charge < -0.3 is 9.47 Å². The maximum Gasteiger partial charge on any atom is 0.317 e. The predicted molar refractivity (Wildman–Crippen MR) is 86.1 cm³/mol. The third kappa shape index (κ3) is 12.4. The van der Waals surface area contributed by atoms with Crippen molar-refractivity contribution in [3.05, 3.63) is 12.2 Å². The number of carbonyl (C=O) groups is 2. The summed E-state index contributed by atoms with van der Waals surface area (Å²) in [7, 11) is 0. The van der Waals surface area contributed by atoms with Gasteiger partial charge in [-0.2, -0.15) is 25.3 Å². The number of hydrogen-bond donors (Lipinski definition) is 2. The third-order valence-corrected chi connectivity index (χ3v) is 2.52. The Hall–Kier alpha value is -0.620. The van der Waals surface area contributed by atoms with E-state index in [1.165, 1.54) is 0 Å². The van der Waals surface area contributed by atoms with Crippen molar-refractivity contribution in [1.29, 1.82) is 0 Å². The van der Waals surface area contributed by atoms with Crippen molar-refractivity contribution < 1.29 is 19.1 Å². The Kier molecular flexibility index (Phi) is 9.05. The SMILES string of the molecule is CC(C=CCOC(=O)CC(=O)OC(C)(C)C)CC(S)S. The van der Waals surface area contributed by atoms with Crippen molar-refractivity contribution in [2.75, 3.05) is 6.61 Å². The monoisotopic (exact) mass is 320 g/mol. The fourth-order valence-electron chi connectivity index (χ4n) is 1.39. The number of allylic oxidation sites excluding steroid dienone is 1. The Morgan fingerprint density at radius 1 is 1.20 bits per heavy atom. The summed E-state index contributed by atoms with van der Waals surface area (Å²) in [4.78, 5) is 22.8. The minimum absolute atomic E-state index is 0.0318. The highest BCUT2D eigenvalue weighted by molar-refractivity contribution is 7.99.